The van der Waals surface area contributed by atoms with E-state index in [1.807, 2.05) is 25.1 Å². The second-order valence-corrected chi connectivity index (χ2v) is 3.46. The molecule has 1 N–H and O–H groups in total. The molecule has 0 unspecified atom stereocenters. The third-order valence-corrected chi connectivity index (χ3v) is 2.42. The molecule has 2 aromatic rings. The first-order chi connectivity index (χ1) is 6.59. The van der Waals surface area contributed by atoms with Crippen molar-refractivity contribution in [1.82, 2.24) is 4.57 Å². The summed E-state index contributed by atoms with van der Waals surface area (Å²) in [6.45, 7) is 1.99. The van der Waals surface area contributed by atoms with E-state index >= 15 is 0 Å². The number of hydrogen-bond donors (Lipinski definition) is 1. The minimum Gasteiger partial charge on any atom is -0.477 e. The van der Waals surface area contributed by atoms with Gasteiger partial charge in [-0.05, 0) is 25.1 Å². The quantitative estimate of drug-likeness (QED) is 0.747. The molecule has 72 valence electrons. The number of fused-ring (bicyclic) bond motifs is 1. The second-order valence-electron chi connectivity index (χ2n) is 3.46. The maximum absolute atomic E-state index is 10.9. The summed E-state index contributed by atoms with van der Waals surface area (Å²) in [4.78, 5) is 10.9. The number of carboxylic acid groups (broad SMARTS) is 1. The molecule has 0 saturated heterocycles. The van der Waals surface area contributed by atoms with Gasteiger partial charge in [-0.25, -0.2) is 4.79 Å². The lowest BCUT2D eigenvalue weighted by atomic mass is 10.2. The molecule has 0 radical (unpaired) electrons. The zero-order valence-electron chi connectivity index (χ0n) is 8.11. The molecule has 0 aliphatic heterocycles. The van der Waals surface area contributed by atoms with Crippen molar-refractivity contribution in [2.24, 2.45) is 7.05 Å². The molecular weight excluding hydrogens is 178 g/mol. The van der Waals surface area contributed by atoms with Crippen LogP contribution in [0.2, 0.25) is 0 Å². The van der Waals surface area contributed by atoms with Crippen LogP contribution in [0, 0.1) is 6.92 Å². The number of hydrogen-bond acceptors (Lipinski definition) is 1. The highest BCUT2D eigenvalue weighted by molar-refractivity contribution is 5.94. The zero-order valence-corrected chi connectivity index (χ0v) is 8.11. The van der Waals surface area contributed by atoms with Crippen molar-refractivity contribution in [3.8, 4) is 0 Å². The first-order valence-corrected chi connectivity index (χ1v) is 4.39. The largest absolute Gasteiger partial charge is 0.477 e. The van der Waals surface area contributed by atoms with E-state index in [0.717, 1.165) is 16.5 Å². The average molecular weight is 189 g/mol. The van der Waals surface area contributed by atoms with Crippen molar-refractivity contribution >= 4 is 16.9 Å². The van der Waals surface area contributed by atoms with Crippen LogP contribution in [0.3, 0.4) is 0 Å². The molecule has 3 nitrogen and oxygen atoms in total. The van der Waals surface area contributed by atoms with Gasteiger partial charge >= 0.3 is 5.97 Å². The van der Waals surface area contributed by atoms with Crippen LogP contribution in [-0.4, -0.2) is 15.6 Å². The molecule has 0 bridgehead atoms. The molecule has 0 aliphatic carbocycles. The first-order valence-electron chi connectivity index (χ1n) is 4.39. The molecule has 3 heteroatoms. The minimum atomic E-state index is -0.888. The Morgan fingerprint density at radius 1 is 1.36 bits per heavy atom. The third kappa shape index (κ3) is 1.18. The van der Waals surface area contributed by atoms with E-state index in [2.05, 4.69) is 0 Å². The fraction of sp³-hybridized carbons (Fsp3) is 0.182. The van der Waals surface area contributed by atoms with Crippen molar-refractivity contribution in [1.29, 1.82) is 0 Å². The Balaban J connectivity index is 2.79. The van der Waals surface area contributed by atoms with Crippen molar-refractivity contribution in [3.63, 3.8) is 0 Å². The van der Waals surface area contributed by atoms with Crippen LogP contribution in [0.4, 0.5) is 0 Å². The van der Waals surface area contributed by atoms with E-state index < -0.39 is 5.97 Å². The summed E-state index contributed by atoms with van der Waals surface area (Å²) >= 11 is 0. The monoisotopic (exact) mass is 189 g/mol. The molecule has 2 rings (SSSR count). The standard InChI is InChI=1S/C11H11NO2/c1-7-3-4-9-8(5-7)6-10(11(13)14)12(9)2/h3-6H,1-2H3,(H,13,14). The molecule has 0 saturated carbocycles. The molecular formula is C11H11NO2. The summed E-state index contributed by atoms with van der Waals surface area (Å²) in [5, 5.41) is 9.89. The van der Waals surface area contributed by atoms with Gasteiger partial charge in [0.05, 0.1) is 0 Å². The van der Waals surface area contributed by atoms with Crippen LogP contribution in [0.25, 0.3) is 10.9 Å². The fourth-order valence-corrected chi connectivity index (χ4v) is 1.67. The van der Waals surface area contributed by atoms with Crippen LogP contribution in [0.1, 0.15) is 16.1 Å². The lowest BCUT2D eigenvalue weighted by Crippen LogP contribution is -2.03. The number of carboxylic acids is 1. The molecule has 0 fully saturated rings. The van der Waals surface area contributed by atoms with Gasteiger partial charge in [-0.15, -0.1) is 0 Å². The molecule has 0 amide bonds. The van der Waals surface area contributed by atoms with Gasteiger partial charge in [0.25, 0.3) is 0 Å². The van der Waals surface area contributed by atoms with Crippen molar-refractivity contribution in [3.05, 3.63) is 35.5 Å². The number of aromatic nitrogens is 1. The number of nitrogens with zero attached hydrogens (tertiary/aromatic N) is 1. The van der Waals surface area contributed by atoms with Crippen LogP contribution in [-0.2, 0) is 7.05 Å². The van der Waals surface area contributed by atoms with Crippen molar-refractivity contribution in [2.45, 2.75) is 6.92 Å². The van der Waals surface area contributed by atoms with E-state index in [-0.39, 0.29) is 0 Å². The Morgan fingerprint density at radius 3 is 2.71 bits per heavy atom. The molecule has 1 aromatic heterocycles. The van der Waals surface area contributed by atoms with E-state index in [1.54, 1.807) is 17.7 Å². The number of rotatable bonds is 1. The normalized spacial score (nSPS) is 10.7. The van der Waals surface area contributed by atoms with Crippen molar-refractivity contribution in [2.75, 3.05) is 0 Å². The highest BCUT2D eigenvalue weighted by Crippen LogP contribution is 2.19. The minimum absolute atomic E-state index is 0.325. The number of aromatic carboxylic acids is 1. The maximum atomic E-state index is 10.9. The predicted molar refractivity (Wildman–Crippen MR) is 54.6 cm³/mol. The summed E-state index contributed by atoms with van der Waals surface area (Å²) in [6.07, 6.45) is 0. The summed E-state index contributed by atoms with van der Waals surface area (Å²) in [5.41, 5.74) is 2.42. The summed E-state index contributed by atoms with van der Waals surface area (Å²) < 4.78 is 1.69. The van der Waals surface area contributed by atoms with Gasteiger partial charge in [-0.2, -0.15) is 0 Å². The molecule has 14 heavy (non-hydrogen) atoms. The molecule has 1 aromatic carbocycles. The molecule has 0 atom stereocenters. The Bertz CT molecular complexity index is 511. The Hall–Kier alpha value is -1.77. The summed E-state index contributed by atoms with van der Waals surface area (Å²) in [7, 11) is 1.76. The Labute approximate surface area is 81.6 Å². The molecule has 1 heterocycles. The van der Waals surface area contributed by atoms with Crippen LogP contribution >= 0.6 is 0 Å². The maximum Gasteiger partial charge on any atom is 0.352 e. The first kappa shape index (κ1) is 8.81. The highest BCUT2D eigenvalue weighted by atomic mass is 16.4. The third-order valence-electron chi connectivity index (χ3n) is 2.42. The number of benzene rings is 1. The zero-order chi connectivity index (χ0) is 10.3. The van der Waals surface area contributed by atoms with Gasteiger partial charge in [0.2, 0.25) is 0 Å². The lowest BCUT2D eigenvalue weighted by Gasteiger charge is -1.98. The predicted octanol–water partition coefficient (Wildman–Crippen LogP) is 2.18. The Kier molecular flexibility index (Phi) is 1.81. The average Bonchev–Trinajstić information content (AvgIpc) is 2.43. The van der Waals surface area contributed by atoms with E-state index in [0.29, 0.717) is 5.69 Å². The molecule has 0 aliphatic rings. The summed E-state index contributed by atoms with van der Waals surface area (Å²) in [5.74, 6) is -0.888. The van der Waals surface area contributed by atoms with E-state index in [9.17, 15) is 4.79 Å². The van der Waals surface area contributed by atoms with Gasteiger partial charge in [-0.1, -0.05) is 11.6 Å². The van der Waals surface area contributed by atoms with Crippen LogP contribution < -0.4 is 0 Å². The SMILES string of the molecule is Cc1ccc2c(c1)cc(C(=O)O)n2C. The van der Waals surface area contributed by atoms with Crippen LogP contribution in [0.5, 0.6) is 0 Å². The lowest BCUT2D eigenvalue weighted by molar-refractivity contribution is 0.0687. The fourth-order valence-electron chi connectivity index (χ4n) is 1.67. The van der Waals surface area contributed by atoms with E-state index in [1.165, 1.54) is 0 Å². The summed E-state index contributed by atoms with van der Waals surface area (Å²) in [6, 6.07) is 7.61. The topological polar surface area (TPSA) is 42.2 Å². The van der Waals surface area contributed by atoms with E-state index in [4.69, 9.17) is 5.11 Å². The number of aryl methyl sites for hydroxylation is 2. The van der Waals surface area contributed by atoms with Gasteiger partial charge in [0, 0.05) is 18.0 Å². The smallest absolute Gasteiger partial charge is 0.352 e. The molecule has 0 spiro atoms. The van der Waals surface area contributed by atoms with Crippen molar-refractivity contribution < 1.29 is 9.90 Å². The van der Waals surface area contributed by atoms with Gasteiger partial charge in [-0.3, -0.25) is 0 Å². The Morgan fingerprint density at radius 2 is 2.07 bits per heavy atom. The van der Waals surface area contributed by atoms with Gasteiger partial charge in [0.15, 0.2) is 0 Å². The highest BCUT2D eigenvalue weighted by Gasteiger charge is 2.10. The van der Waals surface area contributed by atoms with Gasteiger partial charge in [0.1, 0.15) is 5.69 Å². The second kappa shape index (κ2) is 2.87. The van der Waals surface area contributed by atoms with Gasteiger partial charge < -0.3 is 9.67 Å². The number of carbonyl (C=O) groups is 1. The van der Waals surface area contributed by atoms with Crippen LogP contribution in [0.15, 0.2) is 24.3 Å².